The number of benzene rings is 1. The van der Waals surface area contributed by atoms with E-state index in [4.69, 9.17) is 11.3 Å². The van der Waals surface area contributed by atoms with Gasteiger partial charge in [-0.05, 0) is 61.7 Å². The third-order valence-corrected chi connectivity index (χ3v) is 6.13. The molecule has 14 heteroatoms. The molecule has 0 fully saturated rings. The summed E-state index contributed by atoms with van der Waals surface area (Å²) in [4.78, 5) is 51.5. The second-order valence-corrected chi connectivity index (χ2v) is 9.16. The van der Waals surface area contributed by atoms with Gasteiger partial charge in [-0.3, -0.25) is 19.2 Å². The summed E-state index contributed by atoms with van der Waals surface area (Å²) in [5, 5.41) is 30.2. The fourth-order valence-electron chi connectivity index (χ4n) is 3.84. The van der Waals surface area contributed by atoms with Gasteiger partial charge in [0.2, 0.25) is 23.6 Å². The van der Waals surface area contributed by atoms with Crippen molar-refractivity contribution in [1.82, 2.24) is 10.6 Å². The lowest BCUT2D eigenvalue weighted by atomic mass is 9.80. The SMILES string of the molecule is CCC(CC(CC(C)C(N)=O)C(=O)NCCCCCNC(=O)CN=[N+]=[N-])C(=O)Nc1cccc(B(O)O)c1. The maximum Gasteiger partial charge on any atom is 0.488 e. The predicted octanol–water partition coefficient (Wildman–Crippen LogP) is 0.562. The van der Waals surface area contributed by atoms with E-state index in [2.05, 4.69) is 26.0 Å². The van der Waals surface area contributed by atoms with Crippen molar-refractivity contribution >= 4 is 41.9 Å². The molecule has 0 radical (unpaired) electrons. The minimum Gasteiger partial charge on any atom is -0.423 e. The Labute approximate surface area is 222 Å². The molecule has 0 aliphatic carbocycles. The Morgan fingerprint density at radius 2 is 1.74 bits per heavy atom. The number of amides is 4. The maximum absolute atomic E-state index is 13.0. The normalized spacial score (nSPS) is 12.8. The van der Waals surface area contributed by atoms with Crippen molar-refractivity contribution in [2.75, 3.05) is 25.0 Å². The topological polar surface area (TPSA) is 220 Å². The van der Waals surface area contributed by atoms with E-state index in [-0.39, 0.29) is 42.6 Å². The quantitative estimate of drug-likeness (QED) is 0.0522. The van der Waals surface area contributed by atoms with Crippen molar-refractivity contribution in [3.63, 3.8) is 0 Å². The van der Waals surface area contributed by atoms with Crippen LogP contribution in [-0.2, 0) is 19.2 Å². The second-order valence-electron chi connectivity index (χ2n) is 9.16. The van der Waals surface area contributed by atoms with Crippen LogP contribution >= 0.6 is 0 Å². The molecule has 13 nitrogen and oxygen atoms in total. The number of carbonyl (C=O) groups excluding carboxylic acids is 4. The first kappa shape index (κ1) is 32.4. The summed E-state index contributed by atoms with van der Waals surface area (Å²) in [6.45, 7) is 4.06. The molecule has 0 spiro atoms. The van der Waals surface area contributed by atoms with Crippen LogP contribution in [0.4, 0.5) is 5.69 Å². The van der Waals surface area contributed by atoms with Crippen molar-refractivity contribution in [1.29, 1.82) is 0 Å². The average Bonchev–Trinajstić information content (AvgIpc) is 2.88. The third-order valence-electron chi connectivity index (χ3n) is 6.13. The highest BCUT2D eigenvalue weighted by Gasteiger charge is 2.29. The summed E-state index contributed by atoms with van der Waals surface area (Å²) in [6.07, 6.45) is 2.97. The second kappa shape index (κ2) is 17.8. The van der Waals surface area contributed by atoms with E-state index in [1.54, 1.807) is 19.1 Å². The van der Waals surface area contributed by atoms with Gasteiger partial charge in [0.1, 0.15) is 6.54 Å². The number of azide groups is 1. The van der Waals surface area contributed by atoms with Gasteiger partial charge in [-0.15, -0.1) is 0 Å². The number of rotatable bonds is 18. The van der Waals surface area contributed by atoms with Gasteiger partial charge in [-0.25, -0.2) is 0 Å². The molecule has 0 heterocycles. The summed E-state index contributed by atoms with van der Waals surface area (Å²) in [7, 11) is -1.67. The van der Waals surface area contributed by atoms with E-state index in [9.17, 15) is 29.2 Å². The van der Waals surface area contributed by atoms with Crippen molar-refractivity contribution in [2.24, 2.45) is 28.6 Å². The molecule has 38 heavy (non-hydrogen) atoms. The fourth-order valence-corrected chi connectivity index (χ4v) is 3.84. The van der Waals surface area contributed by atoms with Crippen LogP contribution in [0.5, 0.6) is 0 Å². The molecule has 7 N–H and O–H groups in total. The highest BCUT2D eigenvalue weighted by Crippen LogP contribution is 2.24. The summed E-state index contributed by atoms with van der Waals surface area (Å²) in [5.41, 5.74) is 14.3. The Kier molecular flexibility index (Phi) is 15.2. The van der Waals surface area contributed by atoms with Crippen LogP contribution < -0.4 is 27.1 Å². The molecule has 4 amide bonds. The average molecular weight is 531 g/mol. The first-order valence-corrected chi connectivity index (χ1v) is 12.7. The van der Waals surface area contributed by atoms with Crippen LogP contribution in [0.2, 0.25) is 0 Å². The van der Waals surface area contributed by atoms with Crippen molar-refractivity contribution in [3.8, 4) is 0 Å². The van der Waals surface area contributed by atoms with Crippen LogP contribution in [0.3, 0.4) is 0 Å². The molecular weight excluding hydrogens is 493 g/mol. The molecule has 0 bridgehead atoms. The minimum absolute atomic E-state index is 0.203. The van der Waals surface area contributed by atoms with E-state index in [1.807, 2.05) is 6.92 Å². The Bertz CT molecular complexity index is 987. The highest BCUT2D eigenvalue weighted by atomic mass is 16.4. The third kappa shape index (κ3) is 12.6. The lowest BCUT2D eigenvalue weighted by Gasteiger charge is -2.24. The van der Waals surface area contributed by atoms with Crippen molar-refractivity contribution in [2.45, 2.75) is 52.4 Å². The van der Waals surface area contributed by atoms with Crippen LogP contribution in [0.1, 0.15) is 52.4 Å². The Morgan fingerprint density at radius 3 is 2.34 bits per heavy atom. The number of unbranched alkanes of at least 4 members (excludes halogenated alkanes) is 2. The maximum atomic E-state index is 13.0. The molecule has 0 aromatic heterocycles. The van der Waals surface area contributed by atoms with Gasteiger partial charge in [0.05, 0.1) is 0 Å². The zero-order chi connectivity index (χ0) is 28.5. The summed E-state index contributed by atoms with van der Waals surface area (Å²) in [5.74, 6) is -3.15. The number of nitrogens with zero attached hydrogens (tertiary/aromatic N) is 3. The molecule has 0 saturated carbocycles. The molecule has 0 saturated heterocycles. The molecule has 3 atom stereocenters. The Morgan fingerprint density at radius 1 is 1.05 bits per heavy atom. The first-order valence-electron chi connectivity index (χ1n) is 12.7. The number of hydrogen-bond acceptors (Lipinski definition) is 7. The van der Waals surface area contributed by atoms with E-state index in [1.165, 1.54) is 12.1 Å². The molecule has 1 aromatic carbocycles. The predicted molar refractivity (Wildman–Crippen MR) is 144 cm³/mol. The number of nitrogens with two attached hydrogens (primary N) is 1. The molecule has 0 aliphatic heterocycles. The minimum atomic E-state index is -1.67. The van der Waals surface area contributed by atoms with E-state index in [0.29, 0.717) is 38.0 Å². The lowest BCUT2D eigenvalue weighted by molar-refractivity contribution is -0.128. The largest absolute Gasteiger partial charge is 0.488 e. The van der Waals surface area contributed by atoms with Gasteiger partial charge in [0, 0.05) is 41.4 Å². The Balaban J connectivity index is 2.66. The summed E-state index contributed by atoms with van der Waals surface area (Å²) >= 11 is 0. The van der Waals surface area contributed by atoms with Crippen LogP contribution in [0, 0.1) is 17.8 Å². The monoisotopic (exact) mass is 531 g/mol. The van der Waals surface area contributed by atoms with Gasteiger partial charge >= 0.3 is 7.12 Å². The van der Waals surface area contributed by atoms with E-state index < -0.39 is 30.8 Å². The zero-order valence-electron chi connectivity index (χ0n) is 21.9. The van der Waals surface area contributed by atoms with Gasteiger partial charge in [-0.1, -0.05) is 31.1 Å². The number of carbonyl (C=O) groups is 4. The summed E-state index contributed by atoms with van der Waals surface area (Å²) in [6, 6.07) is 6.20. The van der Waals surface area contributed by atoms with Gasteiger partial charge < -0.3 is 31.7 Å². The van der Waals surface area contributed by atoms with E-state index in [0.717, 1.165) is 6.42 Å². The lowest BCUT2D eigenvalue weighted by Crippen LogP contribution is -2.37. The number of hydrogen-bond donors (Lipinski definition) is 6. The van der Waals surface area contributed by atoms with Crippen LogP contribution in [-0.4, -0.2) is 60.4 Å². The van der Waals surface area contributed by atoms with Crippen LogP contribution in [0.25, 0.3) is 10.4 Å². The highest BCUT2D eigenvalue weighted by molar-refractivity contribution is 6.58. The number of primary amides is 1. The number of anilines is 1. The standard InChI is InChI=1S/C24H38BN7O6/c1-3-17(24(36)31-20-9-7-8-19(14-20)25(37)38)13-18(12-16(2)22(26)34)23(35)29-11-6-4-5-10-28-21(33)15-30-32-27/h7-9,14,16-18,37-38H,3-6,10-13,15H2,1-2H3,(H2,26,34)(H,28,33)(H,29,35)(H,31,36). The van der Waals surface area contributed by atoms with Gasteiger partial charge in [0.15, 0.2) is 0 Å². The zero-order valence-corrected chi connectivity index (χ0v) is 21.9. The van der Waals surface area contributed by atoms with Crippen molar-refractivity contribution < 1.29 is 29.2 Å². The van der Waals surface area contributed by atoms with Crippen LogP contribution in [0.15, 0.2) is 29.4 Å². The first-order chi connectivity index (χ1) is 18.1. The smallest absolute Gasteiger partial charge is 0.423 e. The fraction of sp³-hybridized carbons (Fsp3) is 0.583. The van der Waals surface area contributed by atoms with E-state index >= 15 is 0 Å². The number of nitrogens with one attached hydrogen (secondary N) is 3. The van der Waals surface area contributed by atoms with Gasteiger partial charge in [-0.2, -0.15) is 0 Å². The molecule has 3 unspecified atom stereocenters. The van der Waals surface area contributed by atoms with Crippen molar-refractivity contribution in [3.05, 3.63) is 34.7 Å². The Hall–Kier alpha value is -3.61. The molecule has 208 valence electrons. The molecule has 1 rings (SSSR count). The molecule has 0 aliphatic rings. The molecule has 1 aromatic rings. The van der Waals surface area contributed by atoms with Gasteiger partial charge in [0.25, 0.3) is 0 Å². The summed E-state index contributed by atoms with van der Waals surface area (Å²) < 4.78 is 0. The molecular formula is C24H38BN7O6.